The predicted octanol–water partition coefficient (Wildman–Crippen LogP) is 4.54. The fourth-order valence-corrected chi connectivity index (χ4v) is 2.89. The van der Waals surface area contributed by atoms with Gasteiger partial charge in [0, 0.05) is 17.7 Å². The lowest BCUT2D eigenvalue weighted by Crippen LogP contribution is -2.29. The van der Waals surface area contributed by atoms with Crippen LogP contribution in [0.3, 0.4) is 0 Å². The van der Waals surface area contributed by atoms with Gasteiger partial charge in [-0.05, 0) is 37.2 Å². The first-order valence-electron chi connectivity index (χ1n) is 7.01. The van der Waals surface area contributed by atoms with Gasteiger partial charge in [-0.1, -0.05) is 13.8 Å². The maximum Gasteiger partial charge on any atom is 0.270 e. The second kappa shape index (κ2) is 6.44. The molecule has 0 radical (unpaired) electrons. The Bertz CT molecular complexity index is 492. The lowest BCUT2D eigenvalue weighted by Gasteiger charge is -2.32. The van der Waals surface area contributed by atoms with Crippen LogP contribution < -0.4 is 4.74 Å². The molecule has 1 aromatic carbocycles. The molecule has 1 aromatic rings. The maximum absolute atomic E-state index is 10.8. The highest BCUT2D eigenvalue weighted by Crippen LogP contribution is 2.34. The quantitative estimate of drug-likeness (QED) is 0.466. The van der Waals surface area contributed by atoms with Gasteiger partial charge in [0.05, 0.1) is 16.9 Å². The summed E-state index contributed by atoms with van der Waals surface area (Å²) in [6, 6.07) is 4.63. The van der Waals surface area contributed by atoms with E-state index in [1.165, 1.54) is 12.1 Å². The zero-order chi connectivity index (χ0) is 14.7. The standard InChI is InChI=1S/C15H20ClNO3/c1-10-3-5-14(7-11(10)2)20-15-6-4-13(17(18)19)8-12(15)9-16/h4,6,8,10-11,14H,3,5,7,9H2,1-2H3. The summed E-state index contributed by atoms with van der Waals surface area (Å²) in [4.78, 5) is 10.4. The number of halogens is 1. The van der Waals surface area contributed by atoms with E-state index in [9.17, 15) is 10.1 Å². The number of rotatable bonds is 4. The third kappa shape index (κ3) is 3.42. The SMILES string of the molecule is CC1CCC(Oc2ccc([N+](=O)[O-])cc2CCl)CC1C. The van der Waals surface area contributed by atoms with Crippen LogP contribution in [0.4, 0.5) is 5.69 Å². The molecule has 5 heteroatoms. The van der Waals surface area contributed by atoms with Crippen molar-refractivity contribution in [2.75, 3.05) is 0 Å². The van der Waals surface area contributed by atoms with Crippen LogP contribution >= 0.6 is 11.6 Å². The highest BCUT2D eigenvalue weighted by atomic mass is 35.5. The van der Waals surface area contributed by atoms with Gasteiger partial charge in [0.1, 0.15) is 5.75 Å². The number of alkyl halides is 1. The van der Waals surface area contributed by atoms with Crippen molar-refractivity contribution in [2.24, 2.45) is 11.8 Å². The number of hydrogen-bond donors (Lipinski definition) is 0. The molecule has 20 heavy (non-hydrogen) atoms. The first-order valence-corrected chi connectivity index (χ1v) is 7.54. The second-order valence-corrected chi connectivity index (χ2v) is 5.96. The Balaban J connectivity index is 2.11. The Labute approximate surface area is 124 Å². The molecule has 0 saturated heterocycles. The van der Waals surface area contributed by atoms with E-state index in [-0.39, 0.29) is 17.7 Å². The molecular formula is C15H20ClNO3. The van der Waals surface area contributed by atoms with E-state index >= 15 is 0 Å². The maximum atomic E-state index is 10.8. The van der Waals surface area contributed by atoms with Gasteiger partial charge in [0.25, 0.3) is 5.69 Å². The average Bonchev–Trinajstić information content (AvgIpc) is 2.43. The molecule has 110 valence electrons. The Morgan fingerprint density at radius 3 is 2.70 bits per heavy atom. The Hall–Kier alpha value is -1.29. The van der Waals surface area contributed by atoms with Crippen molar-refractivity contribution in [3.63, 3.8) is 0 Å². The normalized spacial score (nSPS) is 26.2. The van der Waals surface area contributed by atoms with Crippen LogP contribution in [-0.2, 0) is 5.88 Å². The minimum absolute atomic E-state index is 0.0543. The van der Waals surface area contributed by atoms with Crippen LogP contribution in [0.2, 0.25) is 0 Å². The van der Waals surface area contributed by atoms with Crippen LogP contribution in [-0.4, -0.2) is 11.0 Å². The summed E-state index contributed by atoms with van der Waals surface area (Å²) in [5, 5.41) is 10.8. The van der Waals surface area contributed by atoms with Gasteiger partial charge < -0.3 is 4.74 Å². The van der Waals surface area contributed by atoms with E-state index in [0.717, 1.165) is 25.2 Å². The molecule has 1 fully saturated rings. The summed E-state index contributed by atoms with van der Waals surface area (Å²) in [5.74, 6) is 2.28. The zero-order valence-corrected chi connectivity index (χ0v) is 12.6. The average molecular weight is 298 g/mol. The highest BCUT2D eigenvalue weighted by molar-refractivity contribution is 6.17. The number of nitro groups is 1. The smallest absolute Gasteiger partial charge is 0.270 e. The summed E-state index contributed by atoms with van der Waals surface area (Å²) >= 11 is 5.88. The fourth-order valence-electron chi connectivity index (χ4n) is 2.68. The van der Waals surface area contributed by atoms with Gasteiger partial charge in [-0.25, -0.2) is 0 Å². The molecule has 3 unspecified atom stereocenters. The van der Waals surface area contributed by atoms with Gasteiger partial charge in [-0.2, -0.15) is 0 Å². The van der Waals surface area contributed by atoms with Gasteiger partial charge in [-0.3, -0.25) is 10.1 Å². The van der Waals surface area contributed by atoms with Crippen molar-refractivity contribution in [3.05, 3.63) is 33.9 Å². The van der Waals surface area contributed by atoms with Crippen LogP contribution in [0, 0.1) is 22.0 Å². The van der Waals surface area contributed by atoms with Crippen molar-refractivity contribution in [2.45, 2.75) is 45.1 Å². The molecule has 0 amide bonds. The molecule has 4 nitrogen and oxygen atoms in total. The molecule has 0 heterocycles. The fraction of sp³-hybridized carbons (Fsp3) is 0.600. The van der Waals surface area contributed by atoms with E-state index in [0.29, 0.717) is 17.2 Å². The van der Waals surface area contributed by atoms with Gasteiger partial charge in [-0.15, -0.1) is 11.6 Å². The van der Waals surface area contributed by atoms with E-state index in [2.05, 4.69) is 13.8 Å². The zero-order valence-electron chi connectivity index (χ0n) is 11.8. The molecule has 0 spiro atoms. The number of ether oxygens (including phenoxy) is 1. The second-order valence-electron chi connectivity index (χ2n) is 5.69. The molecule has 3 atom stereocenters. The van der Waals surface area contributed by atoms with Gasteiger partial charge in [0.15, 0.2) is 0 Å². The van der Waals surface area contributed by atoms with Crippen molar-refractivity contribution in [1.82, 2.24) is 0 Å². The molecule has 1 saturated carbocycles. The van der Waals surface area contributed by atoms with E-state index in [1.807, 2.05) is 0 Å². The molecule has 0 aliphatic heterocycles. The first kappa shape index (κ1) is 15.1. The number of nitro benzene ring substituents is 1. The lowest BCUT2D eigenvalue weighted by molar-refractivity contribution is -0.384. The van der Waals surface area contributed by atoms with Crippen LogP contribution in [0.5, 0.6) is 5.75 Å². The predicted molar refractivity (Wildman–Crippen MR) is 79.2 cm³/mol. The Kier molecular flexibility index (Phi) is 4.86. The van der Waals surface area contributed by atoms with Crippen molar-refractivity contribution in [1.29, 1.82) is 0 Å². The lowest BCUT2D eigenvalue weighted by atomic mass is 9.80. The largest absolute Gasteiger partial charge is 0.490 e. The van der Waals surface area contributed by atoms with Crippen molar-refractivity contribution < 1.29 is 9.66 Å². The number of nitrogens with zero attached hydrogens (tertiary/aromatic N) is 1. The third-order valence-electron chi connectivity index (χ3n) is 4.24. The van der Waals surface area contributed by atoms with E-state index in [4.69, 9.17) is 16.3 Å². The monoisotopic (exact) mass is 297 g/mol. The number of hydrogen-bond acceptors (Lipinski definition) is 3. The van der Waals surface area contributed by atoms with Crippen LogP contribution in [0.1, 0.15) is 38.7 Å². The molecule has 0 N–H and O–H groups in total. The number of benzene rings is 1. The molecule has 0 aromatic heterocycles. The molecule has 2 rings (SSSR count). The molecule has 1 aliphatic carbocycles. The summed E-state index contributed by atoms with van der Waals surface area (Å²) in [6.07, 6.45) is 3.41. The van der Waals surface area contributed by atoms with Crippen LogP contribution in [0.25, 0.3) is 0 Å². The van der Waals surface area contributed by atoms with Gasteiger partial charge in [0.2, 0.25) is 0 Å². The van der Waals surface area contributed by atoms with Gasteiger partial charge >= 0.3 is 0 Å². The minimum atomic E-state index is -0.413. The molecular weight excluding hydrogens is 278 g/mol. The topological polar surface area (TPSA) is 52.4 Å². The van der Waals surface area contributed by atoms with Crippen molar-refractivity contribution in [3.8, 4) is 5.75 Å². The molecule has 1 aliphatic rings. The first-order chi connectivity index (χ1) is 9.51. The Morgan fingerprint density at radius 1 is 1.35 bits per heavy atom. The third-order valence-corrected chi connectivity index (χ3v) is 4.53. The van der Waals surface area contributed by atoms with E-state index in [1.54, 1.807) is 6.07 Å². The minimum Gasteiger partial charge on any atom is -0.490 e. The van der Waals surface area contributed by atoms with Crippen LogP contribution in [0.15, 0.2) is 18.2 Å². The van der Waals surface area contributed by atoms with Crippen molar-refractivity contribution >= 4 is 17.3 Å². The van der Waals surface area contributed by atoms with E-state index < -0.39 is 4.92 Å². The summed E-state index contributed by atoms with van der Waals surface area (Å²) in [7, 11) is 0. The summed E-state index contributed by atoms with van der Waals surface area (Å²) < 4.78 is 6.02. The summed E-state index contributed by atoms with van der Waals surface area (Å²) in [5.41, 5.74) is 0.741. The number of non-ortho nitro benzene ring substituents is 1. The highest BCUT2D eigenvalue weighted by Gasteiger charge is 2.26. The Morgan fingerprint density at radius 2 is 2.10 bits per heavy atom. The molecule has 0 bridgehead atoms. The summed E-state index contributed by atoms with van der Waals surface area (Å²) in [6.45, 7) is 4.52.